The summed E-state index contributed by atoms with van der Waals surface area (Å²) in [7, 11) is 3.35. The number of aromatic nitrogens is 1. The van der Waals surface area contributed by atoms with Crippen molar-refractivity contribution in [1.29, 1.82) is 0 Å². The lowest BCUT2D eigenvalue weighted by Gasteiger charge is -2.27. The first-order valence-corrected chi connectivity index (χ1v) is 8.13. The molecule has 1 N–H and O–H groups in total. The van der Waals surface area contributed by atoms with Crippen LogP contribution in [-0.4, -0.2) is 66.6 Å². The number of ether oxygens (including phenoxy) is 1. The second kappa shape index (κ2) is 7.55. The van der Waals surface area contributed by atoms with Crippen molar-refractivity contribution < 1.29 is 14.3 Å². The number of aryl methyl sites for hydroxylation is 1. The number of nitrogens with zero attached hydrogens (tertiary/aromatic N) is 3. The van der Waals surface area contributed by atoms with Gasteiger partial charge < -0.3 is 19.9 Å². The number of carbonyl (C=O) groups is 2. The average molecular weight is 326 g/mol. The second-order valence-corrected chi connectivity index (χ2v) is 6.39. The van der Waals surface area contributed by atoms with Gasteiger partial charge >= 0.3 is 6.03 Å². The van der Waals surface area contributed by atoms with E-state index in [4.69, 9.17) is 4.74 Å². The van der Waals surface area contributed by atoms with Gasteiger partial charge in [0.25, 0.3) is 0 Å². The molecule has 1 unspecified atom stereocenters. The number of hydrogen-bond acceptors (Lipinski definition) is 5. The number of amides is 3. The lowest BCUT2D eigenvalue weighted by molar-refractivity contribution is -0.117. The second-order valence-electron chi connectivity index (χ2n) is 5.53. The molecule has 2 heterocycles. The molecule has 1 saturated heterocycles. The van der Waals surface area contributed by atoms with Crippen molar-refractivity contribution in [3.05, 3.63) is 11.1 Å². The summed E-state index contributed by atoms with van der Waals surface area (Å²) in [6.45, 7) is 3.02. The Balaban J connectivity index is 1.95. The summed E-state index contributed by atoms with van der Waals surface area (Å²) in [6.07, 6.45) is 1.93. The van der Waals surface area contributed by atoms with Crippen LogP contribution in [0.5, 0.6) is 0 Å². The molecule has 1 aliphatic rings. The van der Waals surface area contributed by atoms with Crippen LogP contribution in [-0.2, 0) is 9.53 Å². The van der Waals surface area contributed by atoms with Crippen LogP contribution < -0.4 is 5.32 Å². The van der Waals surface area contributed by atoms with E-state index in [0.29, 0.717) is 11.7 Å². The van der Waals surface area contributed by atoms with Gasteiger partial charge in [-0.3, -0.25) is 4.79 Å². The minimum absolute atomic E-state index is 0.00446. The molecule has 1 aromatic rings. The maximum Gasteiger partial charge on any atom is 0.320 e. The fourth-order valence-corrected chi connectivity index (χ4v) is 2.98. The van der Waals surface area contributed by atoms with Gasteiger partial charge in [0.05, 0.1) is 11.8 Å². The zero-order valence-electron chi connectivity index (χ0n) is 13.2. The van der Waals surface area contributed by atoms with E-state index in [0.717, 1.165) is 25.1 Å². The van der Waals surface area contributed by atoms with Gasteiger partial charge in [-0.05, 0) is 19.8 Å². The Labute approximate surface area is 134 Å². The first kappa shape index (κ1) is 16.7. The Morgan fingerprint density at radius 3 is 2.82 bits per heavy atom. The molecule has 0 saturated carbocycles. The highest BCUT2D eigenvalue weighted by atomic mass is 32.1. The zero-order chi connectivity index (χ0) is 16.1. The molecule has 0 bridgehead atoms. The predicted molar refractivity (Wildman–Crippen MR) is 85.1 cm³/mol. The lowest BCUT2D eigenvalue weighted by Crippen LogP contribution is -2.46. The molecule has 3 amide bonds. The van der Waals surface area contributed by atoms with E-state index in [1.54, 1.807) is 14.1 Å². The van der Waals surface area contributed by atoms with Gasteiger partial charge in [-0.25, -0.2) is 9.78 Å². The van der Waals surface area contributed by atoms with E-state index in [2.05, 4.69) is 10.3 Å². The molecule has 1 aliphatic heterocycles. The van der Waals surface area contributed by atoms with Crippen molar-refractivity contribution in [2.24, 2.45) is 0 Å². The summed E-state index contributed by atoms with van der Waals surface area (Å²) >= 11 is 1.37. The van der Waals surface area contributed by atoms with E-state index in [9.17, 15) is 9.59 Å². The van der Waals surface area contributed by atoms with E-state index < -0.39 is 0 Å². The number of carbonyl (C=O) groups excluding carboxylic acids is 2. The number of nitrogens with one attached hydrogen (secondary N) is 1. The monoisotopic (exact) mass is 326 g/mol. The fraction of sp³-hybridized carbons (Fsp3) is 0.643. The van der Waals surface area contributed by atoms with Gasteiger partial charge in [0.2, 0.25) is 5.91 Å². The van der Waals surface area contributed by atoms with Gasteiger partial charge in [0, 0.05) is 32.6 Å². The largest absolute Gasteiger partial charge is 0.376 e. The van der Waals surface area contributed by atoms with Crippen molar-refractivity contribution in [1.82, 2.24) is 14.8 Å². The smallest absolute Gasteiger partial charge is 0.320 e. The Bertz CT molecular complexity index is 526. The minimum atomic E-state index is -0.248. The fourth-order valence-electron chi connectivity index (χ4n) is 2.27. The Morgan fingerprint density at radius 2 is 2.27 bits per heavy atom. The van der Waals surface area contributed by atoms with Gasteiger partial charge in [-0.1, -0.05) is 0 Å². The van der Waals surface area contributed by atoms with Gasteiger partial charge in [-0.2, -0.15) is 0 Å². The maximum absolute atomic E-state index is 12.2. The highest BCUT2D eigenvalue weighted by Crippen LogP contribution is 2.16. The molecule has 22 heavy (non-hydrogen) atoms. The summed E-state index contributed by atoms with van der Waals surface area (Å²) in [4.78, 5) is 31.5. The van der Waals surface area contributed by atoms with E-state index >= 15 is 0 Å². The Morgan fingerprint density at radius 1 is 1.50 bits per heavy atom. The van der Waals surface area contributed by atoms with Crippen molar-refractivity contribution in [2.45, 2.75) is 25.9 Å². The average Bonchev–Trinajstić information content (AvgIpc) is 3.09. The summed E-state index contributed by atoms with van der Waals surface area (Å²) < 4.78 is 5.56. The molecule has 0 radical (unpaired) electrons. The molecular weight excluding hydrogens is 304 g/mol. The van der Waals surface area contributed by atoms with Crippen LogP contribution in [0, 0.1) is 6.92 Å². The number of rotatable bonds is 5. The first-order valence-electron chi connectivity index (χ1n) is 7.25. The van der Waals surface area contributed by atoms with Crippen LogP contribution in [0.2, 0.25) is 0 Å². The third-order valence-corrected chi connectivity index (χ3v) is 4.18. The standard InChI is InChI=1S/C14H22N4O3S/c1-10-9-22-13(15-10)16-12(19)8-18(14(20)17(2)3)7-11-5-4-6-21-11/h9,11H,4-8H2,1-3H3,(H,15,16,19). The summed E-state index contributed by atoms with van der Waals surface area (Å²) in [5.41, 5.74) is 0.862. The van der Waals surface area contributed by atoms with Crippen molar-refractivity contribution in [3.8, 4) is 0 Å². The highest BCUT2D eigenvalue weighted by molar-refractivity contribution is 7.13. The molecule has 1 fully saturated rings. The van der Waals surface area contributed by atoms with Crippen LogP contribution in [0.1, 0.15) is 18.5 Å². The van der Waals surface area contributed by atoms with Crippen LogP contribution in [0.3, 0.4) is 0 Å². The Kier molecular flexibility index (Phi) is 5.73. The molecule has 1 atom stereocenters. The number of urea groups is 1. The summed E-state index contributed by atoms with van der Waals surface area (Å²) in [6, 6.07) is -0.194. The normalized spacial score (nSPS) is 17.3. The molecule has 7 nitrogen and oxygen atoms in total. The van der Waals surface area contributed by atoms with Gasteiger partial charge in [-0.15, -0.1) is 11.3 Å². The molecule has 2 rings (SSSR count). The third-order valence-electron chi connectivity index (χ3n) is 3.30. The molecule has 1 aromatic heterocycles. The van der Waals surface area contributed by atoms with E-state index in [-0.39, 0.29) is 24.6 Å². The summed E-state index contributed by atoms with van der Waals surface area (Å²) in [5, 5.41) is 5.15. The van der Waals surface area contributed by atoms with Crippen molar-refractivity contribution >= 4 is 28.4 Å². The van der Waals surface area contributed by atoms with Gasteiger partial charge in [0.15, 0.2) is 5.13 Å². The van der Waals surface area contributed by atoms with Crippen LogP contribution in [0.4, 0.5) is 9.93 Å². The molecule has 0 aliphatic carbocycles. The van der Waals surface area contributed by atoms with Gasteiger partial charge in [0.1, 0.15) is 6.54 Å². The minimum Gasteiger partial charge on any atom is -0.376 e. The van der Waals surface area contributed by atoms with E-state index in [1.807, 2.05) is 12.3 Å². The van der Waals surface area contributed by atoms with Crippen molar-refractivity contribution in [3.63, 3.8) is 0 Å². The van der Waals surface area contributed by atoms with Crippen molar-refractivity contribution in [2.75, 3.05) is 39.1 Å². The molecule has 0 aromatic carbocycles. The van der Waals surface area contributed by atoms with E-state index in [1.165, 1.54) is 21.1 Å². The quantitative estimate of drug-likeness (QED) is 0.891. The molecule has 8 heteroatoms. The molecule has 122 valence electrons. The highest BCUT2D eigenvalue weighted by Gasteiger charge is 2.25. The SMILES string of the molecule is Cc1csc(NC(=O)CN(CC2CCCO2)C(=O)N(C)C)n1. The third kappa shape index (κ3) is 4.67. The zero-order valence-corrected chi connectivity index (χ0v) is 14.0. The number of thiazole rings is 1. The molecular formula is C14H22N4O3S. The van der Waals surface area contributed by atoms with Crippen LogP contribution in [0.15, 0.2) is 5.38 Å². The first-order chi connectivity index (χ1) is 10.5. The Hall–Kier alpha value is -1.67. The van der Waals surface area contributed by atoms with Crippen LogP contribution >= 0.6 is 11.3 Å². The topological polar surface area (TPSA) is 74.8 Å². The maximum atomic E-state index is 12.2. The lowest BCUT2D eigenvalue weighted by atomic mass is 10.2. The predicted octanol–water partition coefficient (Wildman–Crippen LogP) is 1.55. The summed E-state index contributed by atoms with van der Waals surface area (Å²) in [5.74, 6) is -0.248. The number of hydrogen-bond donors (Lipinski definition) is 1. The van der Waals surface area contributed by atoms with Crippen LogP contribution in [0.25, 0.3) is 0 Å². The molecule has 0 spiro atoms. The number of anilines is 1.